The Bertz CT molecular complexity index is 695. The van der Waals surface area contributed by atoms with Gasteiger partial charge in [-0.3, -0.25) is 10.1 Å². The van der Waals surface area contributed by atoms with Gasteiger partial charge in [0.25, 0.3) is 5.91 Å². The Balaban J connectivity index is 2.12. The Hall–Kier alpha value is -2.56. The molecular formula is C14H12N2O4S. The fourth-order valence-corrected chi connectivity index (χ4v) is 2.20. The molecule has 1 aromatic carbocycles. The van der Waals surface area contributed by atoms with E-state index in [1.165, 1.54) is 24.4 Å². The van der Waals surface area contributed by atoms with Crippen molar-refractivity contribution in [3.05, 3.63) is 34.8 Å². The quantitative estimate of drug-likeness (QED) is 0.644. The minimum absolute atomic E-state index is 0.0119. The molecule has 0 radical (unpaired) electrons. The largest absolute Gasteiger partial charge is 0.507 e. The van der Waals surface area contributed by atoms with Crippen LogP contribution in [0, 0.1) is 11.8 Å². The van der Waals surface area contributed by atoms with Crippen LogP contribution >= 0.6 is 11.3 Å². The van der Waals surface area contributed by atoms with Crippen LogP contribution in [0.4, 0.5) is 5.13 Å². The summed E-state index contributed by atoms with van der Waals surface area (Å²) in [6.07, 6.45) is 1.86. The van der Waals surface area contributed by atoms with Crippen molar-refractivity contribution in [1.29, 1.82) is 0 Å². The first-order valence-electron chi connectivity index (χ1n) is 5.99. The Morgan fingerprint density at radius 2 is 2.05 bits per heavy atom. The molecule has 1 heterocycles. The van der Waals surface area contributed by atoms with E-state index in [0.717, 1.165) is 11.3 Å². The van der Waals surface area contributed by atoms with Gasteiger partial charge in [-0.25, -0.2) is 4.98 Å². The number of aliphatic hydroxyl groups is 1. The standard InChI is InChI=1S/C14H12N2O4S/c17-7-2-1-4-9-8-15-14(21-9)16-13(20)12-10(18)5-3-6-11(12)19/h3,5-6,8,17-19H,2,7H2,(H,15,16,20). The highest BCUT2D eigenvalue weighted by molar-refractivity contribution is 7.16. The second kappa shape index (κ2) is 6.74. The molecule has 0 atom stereocenters. The monoisotopic (exact) mass is 304 g/mol. The average molecular weight is 304 g/mol. The van der Waals surface area contributed by atoms with E-state index in [0.29, 0.717) is 16.4 Å². The number of phenolic OH excluding ortho intramolecular Hbond substituents is 2. The molecule has 0 unspecified atom stereocenters. The fraction of sp³-hybridized carbons (Fsp3) is 0.143. The van der Waals surface area contributed by atoms with Crippen LogP contribution in [0.1, 0.15) is 21.7 Å². The van der Waals surface area contributed by atoms with Gasteiger partial charge in [0, 0.05) is 6.42 Å². The number of hydrogen-bond donors (Lipinski definition) is 4. The summed E-state index contributed by atoms with van der Waals surface area (Å²) < 4.78 is 0. The van der Waals surface area contributed by atoms with Gasteiger partial charge in [0.05, 0.1) is 17.7 Å². The summed E-state index contributed by atoms with van der Waals surface area (Å²) in [6.45, 7) is -0.0119. The zero-order chi connectivity index (χ0) is 15.2. The van der Waals surface area contributed by atoms with Crippen molar-refractivity contribution in [2.45, 2.75) is 6.42 Å². The number of nitrogens with one attached hydrogen (secondary N) is 1. The molecule has 2 rings (SSSR count). The predicted molar refractivity (Wildman–Crippen MR) is 78.4 cm³/mol. The van der Waals surface area contributed by atoms with Gasteiger partial charge in [0.1, 0.15) is 17.1 Å². The number of carbonyl (C=O) groups is 1. The zero-order valence-corrected chi connectivity index (χ0v) is 11.6. The number of aliphatic hydroxyl groups excluding tert-OH is 1. The van der Waals surface area contributed by atoms with Gasteiger partial charge in [0.15, 0.2) is 5.13 Å². The number of amides is 1. The van der Waals surface area contributed by atoms with E-state index in [2.05, 4.69) is 22.1 Å². The topological polar surface area (TPSA) is 103 Å². The molecule has 1 aromatic heterocycles. The van der Waals surface area contributed by atoms with Gasteiger partial charge in [-0.1, -0.05) is 29.2 Å². The van der Waals surface area contributed by atoms with Crippen LogP contribution in [0.25, 0.3) is 0 Å². The summed E-state index contributed by atoms with van der Waals surface area (Å²) in [5, 5.41) is 30.6. The van der Waals surface area contributed by atoms with Gasteiger partial charge in [-0.05, 0) is 12.1 Å². The van der Waals surface area contributed by atoms with Gasteiger partial charge < -0.3 is 15.3 Å². The van der Waals surface area contributed by atoms with Gasteiger partial charge in [-0.2, -0.15) is 0 Å². The number of aromatic nitrogens is 1. The molecular weight excluding hydrogens is 292 g/mol. The smallest absolute Gasteiger partial charge is 0.264 e. The number of carbonyl (C=O) groups excluding carboxylic acids is 1. The molecule has 0 aliphatic rings. The second-order valence-corrected chi connectivity index (χ2v) is 4.96. The molecule has 0 saturated carbocycles. The number of thiazole rings is 1. The highest BCUT2D eigenvalue weighted by Crippen LogP contribution is 2.27. The first kappa shape index (κ1) is 14.8. The van der Waals surface area contributed by atoms with E-state index < -0.39 is 5.91 Å². The summed E-state index contributed by atoms with van der Waals surface area (Å²) in [5.41, 5.74) is -0.208. The summed E-state index contributed by atoms with van der Waals surface area (Å²) in [7, 11) is 0. The predicted octanol–water partition coefficient (Wildman–Crippen LogP) is 1.54. The van der Waals surface area contributed by atoms with E-state index in [4.69, 9.17) is 5.11 Å². The van der Waals surface area contributed by atoms with Crippen molar-refractivity contribution in [3.8, 4) is 23.3 Å². The normalized spacial score (nSPS) is 9.76. The van der Waals surface area contributed by atoms with Crippen LogP contribution in [0.2, 0.25) is 0 Å². The Morgan fingerprint density at radius 1 is 1.33 bits per heavy atom. The lowest BCUT2D eigenvalue weighted by Gasteiger charge is -2.05. The van der Waals surface area contributed by atoms with Crippen molar-refractivity contribution < 1.29 is 20.1 Å². The van der Waals surface area contributed by atoms with Crippen molar-refractivity contribution in [2.24, 2.45) is 0 Å². The molecule has 0 aliphatic heterocycles. The molecule has 6 nitrogen and oxygen atoms in total. The average Bonchev–Trinajstić information content (AvgIpc) is 2.86. The first-order valence-corrected chi connectivity index (χ1v) is 6.81. The third kappa shape index (κ3) is 3.72. The van der Waals surface area contributed by atoms with Crippen molar-refractivity contribution in [2.75, 3.05) is 11.9 Å². The maximum absolute atomic E-state index is 12.0. The lowest BCUT2D eigenvalue weighted by molar-refractivity contribution is 0.102. The maximum Gasteiger partial charge on any atom is 0.264 e. The number of hydrogen-bond acceptors (Lipinski definition) is 6. The molecule has 0 aliphatic carbocycles. The third-order valence-electron chi connectivity index (χ3n) is 2.42. The lowest BCUT2D eigenvalue weighted by Crippen LogP contribution is -2.12. The molecule has 2 aromatic rings. The van der Waals surface area contributed by atoms with E-state index in [9.17, 15) is 15.0 Å². The fourth-order valence-electron chi connectivity index (χ4n) is 1.52. The molecule has 7 heteroatoms. The number of benzene rings is 1. The SMILES string of the molecule is O=C(Nc1ncc(C#CCCO)s1)c1c(O)cccc1O. The molecule has 0 fully saturated rings. The highest BCUT2D eigenvalue weighted by Gasteiger charge is 2.17. The molecule has 21 heavy (non-hydrogen) atoms. The molecule has 0 saturated heterocycles. The Kier molecular flexibility index (Phi) is 4.77. The number of phenols is 2. The Morgan fingerprint density at radius 3 is 2.71 bits per heavy atom. The van der Waals surface area contributed by atoms with E-state index in [1.54, 1.807) is 0 Å². The first-order chi connectivity index (χ1) is 10.1. The number of rotatable bonds is 3. The lowest BCUT2D eigenvalue weighted by atomic mass is 10.1. The number of aromatic hydroxyl groups is 2. The highest BCUT2D eigenvalue weighted by atomic mass is 32.1. The second-order valence-electron chi connectivity index (χ2n) is 3.93. The summed E-state index contributed by atoms with van der Waals surface area (Å²) >= 11 is 1.16. The van der Waals surface area contributed by atoms with Crippen LogP contribution in [0.3, 0.4) is 0 Å². The minimum Gasteiger partial charge on any atom is -0.507 e. The van der Waals surface area contributed by atoms with Crippen LogP contribution in [-0.2, 0) is 0 Å². The van der Waals surface area contributed by atoms with Crippen molar-refractivity contribution >= 4 is 22.4 Å². The summed E-state index contributed by atoms with van der Waals surface area (Å²) in [5.74, 6) is 4.26. The molecule has 0 bridgehead atoms. The van der Waals surface area contributed by atoms with E-state index in [-0.39, 0.29) is 23.7 Å². The third-order valence-corrected chi connectivity index (χ3v) is 3.25. The number of anilines is 1. The molecule has 0 spiro atoms. The molecule has 4 N–H and O–H groups in total. The number of nitrogens with zero attached hydrogens (tertiary/aromatic N) is 1. The zero-order valence-electron chi connectivity index (χ0n) is 10.8. The van der Waals surface area contributed by atoms with Gasteiger partial charge in [-0.15, -0.1) is 0 Å². The van der Waals surface area contributed by atoms with Crippen LogP contribution in [-0.4, -0.2) is 32.8 Å². The van der Waals surface area contributed by atoms with Crippen molar-refractivity contribution in [3.63, 3.8) is 0 Å². The van der Waals surface area contributed by atoms with Crippen LogP contribution in [0.5, 0.6) is 11.5 Å². The Labute approximate surface area is 124 Å². The van der Waals surface area contributed by atoms with Crippen LogP contribution in [0.15, 0.2) is 24.4 Å². The van der Waals surface area contributed by atoms with Gasteiger partial charge >= 0.3 is 0 Å². The minimum atomic E-state index is -0.658. The van der Waals surface area contributed by atoms with Crippen molar-refractivity contribution in [1.82, 2.24) is 4.98 Å². The van der Waals surface area contributed by atoms with Crippen LogP contribution < -0.4 is 5.32 Å². The summed E-state index contributed by atoms with van der Waals surface area (Å²) in [4.78, 5) is 16.6. The van der Waals surface area contributed by atoms with E-state index >= 15 is 0 Å². The molecule has 108 valence electrons. The summed E-state index contributed by atoms with van der Waals surface area (Å²) in [6, 6.07) is 4.05. The maximum atomic E-state index is 12.0. The molecule has 1 amide bonds. The van der Waals surface area contributed by atoms with Gasteiger partial charge in [0.2, 0.25) is 0 Å². The van der Waals surface area contributed by atoms with E-state index in [1.807, 2.05) is 0 Å².